The van der Waals surface area contributed by atoms with Gasteiger partial charge in [0, 0.05) is 24.7 Å². The fourth-order valence-electron chi connectivity index (χ4n) is 2.61. The van der Waals surface area contributed by atoms with E-state index in [-0.39, 0.29) is 23.8 Å². The van der Waals surface area contributed by atoms with E-state index in [2.05, 4.69) is 0 Å². The van der Waals surface area contributed by atoms with E-state index in [1.54, 1.807) is 24.3 Å². The highest BCUT2D eigenvalue weighted by Crippen LogP contribution is 2.19. The molecule has 1 aromatic carbocycles. The van der Waals surface area contributed by atoms with E-state index >= 15 is 0 Å². The van der Waals surface area contributed by atoms with Gasteiger partial charge in [0.2, 0.25) is 5.91 Å². The van der Waals surface area contributed by atoms with Crippen molar-refractivity contribution in [1.29, 1.82) is 0 Å². The first-order valence-electron chi connectivity index (χ1n) is 7.08. The smallest absolute Gasteiger partial charge is 0.246 e. The Morgan fingerprint density at radius 1 is 1.40 bits per heavy atom. The number of benzene rings is 1. The summed E-state index contributed by atoms with van der Waals surface area (Å²) in [6.45, 7) is 2.71. The zero-order valence-corrected chi connectivity index (χ0v) is 11.8. The number of carbonyl (C=O) groups is 1. The number of halogens is 1. The predicted octanol–water partition coefficient (Wildman–Crippen LogP) is 2.57. The molecule has 1 fully saturated rings. The highest BCUT2D eigenvalue weighted by atomic mass is 19.1. The molecule has 0 bridgehead atoms. The first kappa shape index (κ1) is 14.7. The molecule has 0 aromatic heterocycles. The quantitative estimate of drug-likeness (QED) is 0.862. The van der Waals surface area contributed by atoms with Gasteiger partial charge in [-0.3, -0.25) is 4.79 Å². The summed E-state index contributed by atoms with van der Waals surface area (Å²) < 4.78 is 12.8. The number of nitrogens with two attached hydrogens (primary N) is 1. The van der Waals surface area contributed by atoms with Crippen molar-refractivity contribution < 1.29 is 9.18 Å². The van der Waals surface area contributed by atoms with Crippen LogP contribution in [0.25, 0.3) is 6.08 Å². The molecule has 3 nitrogen and oxygen atoms in total. The molecule has 1 heterocycles. The molecule has 0 spiro atoms. The van der Waals surface area contributed by atoms with E-state index < -0.39 is 0 Å². The molecule has 1 amide bonds. The molecule has 1 saturated heterocycles. The van der Waals surface area contributed by atoms with Gasteiger partial charge < -0.3 is 10.6 Å². The SMILES string of the molecule is C[C@H](N)[C@H]1CCCCN1C(=O)/C=C\c1ccc(F)cc1. The van der Waals surface area contributed by atoms with Gasteiger partial charge >= 0.3 is 0 Å². The van der Waals surface area contributed by atoms with Crippen molar-refractivity contribution in [3.8, 4) is 0 Å². The Hall–Kier alpha value is -1.68. The molecular weight excluding hydrogens is 255 g/mol. The normalized spacial score (nSPS) is 21.1. The van der Waals surface area contributed by atoms with E-state index in [9.17, 15) is 9.18 Å². The van der Waals surface area contributed by atoms with Crippen LogP contribution in [-0.2, 0) is 4.79 Å². The molecule has 108 valence electrons. The van der Waals surface area contributed by atoms with Crippen molar-refractivity contribution in [2.24, 2.45) is 5.73 Å². The van der Waals surface area contributed by atoms with Crippen LogP contribution < -0.4 is 5.73 Å². The second-order valence-corrected chi connectivity index (χ2v) is 5.34. The number of likely N-dealkylation sites (tertiary alicyclic amines) is 1. The Balaban J connectivity index is 2.04. The average Bonchev–Trinajstić information content (AvgIpc) is 2.46. The molecule has 1 aliphatic rings. The van der Waals surface area contributed by atoms with Crippen LogP contribution in [0.15, 0.2) is 30.3 Å². The Kier molecular flexibility index (Phi) is 4.90. The van der Waals surface area contributed by atoms with Gasteiger partial charge in [-0.05, 0) is 50.0 Å². The lowest BCUT2D eigenvalue weighted by Crippen LogP contribution is -2.51. The zero-order valence-electron chi connectivity index (χ0n) is 11.8. The fraction of sp³-hybridized carbons (Fsp3) is 0.438. The molecule has 2 rings (SSSR count). The zero-order chi connectivity index (χ0) is 14.5. The molecule has 0 saturated carbocycles. The van der Waals surface area contributed by atoms with Crippen LogP contribution in [0.5, 0.6) is 0 Å². The van der Waals surface area contributed by atoms with Gasteiger partial charge in [0.1, 0.15) is 5.82 Å². The minimum atomic E-state index is -0.276. The molecule has 4 heteroatoms. The van der Waals surface area contributed by atoms with Crippen LogP contribution in [0.4, 0.5) is 4.39 Å². The highest BCUT2D eigenvalue weighted by Gasteiger charge is 2.27. The third-order valence-corrected chi connectivity index (χ3v) is 3.73. The van der Waals surface area contributed by atoms with Crippen molar-refractivity contribution in [2.75, 3.05) is 6.54 Å². The number of nitrogens with zero attached hydrogens (tertiary/aromatic N) is 1. The van der Waals surface area contributed by atoms with E-state index in [1.807, 2.05) is 11.8 Å². The molecule has 1 aliphatic heterocycles. The Bertz CT molecular complexity index is 482. The molecular formula is C16H21FN2O. The van der Waals surface area contributed by atoms with Gasteiger partial charge in [-0.25, -0.2) is 4.39 Å². The van der Waals surface area contributed by atoms with Crippen LogP contribution in [0, 0.1) is 5.82 Å². The van der Waals surface area contributed by atoms with Gasteiger partial charge in [-0.2, -0.15) is 0 Å². The summed E-state index contributed by atoms with van der Waals surface area (Å²) in [6, 6.07) is 6.18. The summed E-state index contributed by atoms with van der Waals surface area (Å²) in [6.07, 6.45) is 6.38. The maximum absolute atomic E-state index is 12.8. The first-order chi connectivity index (χ1) is 9.58. The molecule has 1 aromatic rings. The average molecular weight is 276 g/mol. The minimum Gasteiger partial charge on any atom is -0.335 e. The van der Waals surface area contributed by atoms with E-state index in [1.165, 1.54) is 12.1 Å². The number of hydrogen-bond acceptors (Lipinski definition) is 2. The highest BCUT2D eigenvalue weighted by molar-refractivity contribution is 5.92. The largest absolute Gasteiger partial charge is 0.335 e. The van der Waals surface area contributed by atoms with Gasteiger partial charge in [-0.15, -0.1) is 0 Å². The lowest BCUT2D eigenvalue weighted by Gasteiger charge is -2.37. The van der Waals surface area contributed by atoms with Crippen molar-refractivity contribution in [3.05, 3.63) is 41.7 Å². The lowest BCUT2D eigenvalue weighted by atomic mass is 9.97. The molecule has 0 radical (unpaired) electrons. The summed E-state index contributed by atoms with van der Waals surface area (Å²) in [7, 11) is 0. The van der Waals surface area contributed by atoms with E-state index in [0.717, 1.165) is 31.4 Å². The lowest BCUT2D eigenvalue weighted by molar-refractivity contribution is -0.129. The van der Waals surface area contributed by atoms with E-state index in [0.29, 0.717) is 0 Å². The fourth-order valence-corrected chi connectivity index (χ4v) is 2.61. The Morgan fingerprint density at radius 2 is 2.10 bits per heavy atom. The summed E-state index contributed by atoms with van der Waals surface area (Å²) in [5, 5.41) is 0. The predicted molar refractivity (Wildman–Crippen MR) is 78.4 cm³/mol. The summed E-state index contributed by atoms with van der Waals surface area (Å²) in [5.74, 6) is -0.294. The minimum absolute atomic E-state index is 0.0153. The molecule has 2 atom stereocenters. The van der Waals surface area contributed by atoms with Gasteiger partial charge in [0.25, 0.3) is 0 Å². The summed E-state index contributed by atoms with van der Waals surface area (Å²) >= 11 is 0. The van der Waals surface area contributed by atoms with Crippen molar-refractivity contribution in [2.45, 2.75) is 38.3 Å². The molecule has 20 heavy (non-hydrogen) atoms. The second-order valence-electron chi connectivity index (χ2n) is 5.34. The Labute approximate surface area is 119 Å². The van der Waals surface area contributed by atoms with Crippen molar-refractivity contribution >= 4 is 12.0 Å². The van der Waals surface area contributed by atoms with E-state index in [4.69, 9.17) is 5.73 Å². The van der Waals surface area contributed by atoms with Gasteiger partial charge in [0.05, 0.1) is 0 Å². The number of piperidine rings is 1. The van der Waals surface area contributed by atoms with Crippen LogP contribution in [0.3, 0.4) is 0 Å². The van der Waals surface area contributed by atoms with Gasteiger partial charge in [0.15, 0.2) is 0 Å². The second kappa shape index (κ2) is 6.66. The molecule has 0 aliphatic carbocycles. The van der Waals surface area contributed by atoms with Crippen LogP contribution in [0.1, 0.15) is 31.7 Å². The number of rotatable bonds is 3. The van der Waals surface area contributed by atoms with Crippen molar-refractivity contribution in [1.82, 2.24) is 4.90 Å². The Morgan fingerprint density at radius 3 is 2.75 bits per heavy atom. The standard InChI is InChI=1S/C16H21FN2O/c1-12(18)15-4-2-3-11-19(15)16(20)10-7-13-5-8-14(17)9-6-13/h5-10,12,15H,2-4,11,18H2,1H3/b10-7-/t12-,15+/m0/s1. The third-order valence-electron chi connectivity index (χ3n) is 3.73. The number of hydrogen-bond donors (Lipinski definition) is 1. The summed E-state index contributed by atoms with van der Waals surface area (Å²) in [4.78, 5) is 14.1. The van der Waals surface area contributed by atoms with Crippen molar-refractivity contribution in [3.63, 3.8) is 0 Å². The van der Waals surface area contributed by atoms with Crippen LogP contribution >= 0.6 is 0 Å². The molecule has 2 N–H and O–H groups in total. The molecule has 0 unspecified atom stereocenters. The number of carbonyl (C=O) groups excluding carboxylic acids is 1. The van der Waals surface area contributed by atoms with Crippen LogP contribution in [-0.4, -0.2) is 29.4 Å². The summed E-state index contributed by atoms with van der Waals surface area (Å²) in [5.41, 5.74) is 6.77. The first-order valence-corrected chi connectivity index (χ1v) is 7.08. The maximum Gasteiger partial charge on any atom is 0.246 e. The third kappa shape index (κ3) is 3.67. The maximum atomic E-state index is 12.8. The van der Waals surface area contributed by atoms with Crippen LogP contribution in [0.2, 0.25) is 0 Å². The van der Waals surface area contributed by atoms with Gasteiger partial charge in [-0.1, -0.05) is 12.1 Å². The monoisotopic (exact) mass is 276 g/mol. The number of amides is 1. The topological polar surface area (TPSA) is 46.3 Å².